The number of aliphatic hydroxyl groups excluding tert-OH is 3. The zero-order chi connectivity index (χ0) is 42.0. The molecule has 0 aromatic carbocycles. The van der Waals surface area contributed by atoms with E-state index < -0.39 is 24.4 Å². The van der Waals surface area contributed by atoms with Gasteiger partial charge in [-0.2, -0.15) is 0 Å². The molecule has 0 aromatic rings. The third-order valence-corrected chi connectivity index (χ3v) is 15.3. The molecule has 6 fully saturated rings. The number of carbonyl (C=O) groups excluding carboxylic acids is 1. The smallest absolute Gasteiger partial charge is 0.341 e. The molecule has 14 nitrogen and oxygen atoms in total. The highest BCUT2D eigenvalue weighted by atomic mass is 16.6. The van der Waals surface area contributed by atoms with Gasteiger partial charge in [-0.05, 0) is 139 Å². The van der Waals surface area contributed by atoms with E-state index in [-0.39, 0.29) is 66.5 Å². The van der Waals surface area contributed by atoms with Crippen molar-refractivity contribution in [2.75, 3.05) is 32.8 Å². The Labute approximate surface area is 358 Å². The second-order valence-electron chi connectivity index (χ2n) is 19.9. The maximum Gasteiger partial charge on any atom is 0.341 e. The highest BCUT2D eigenvalue weighted by Crippen LogP contribution is 2.42. The van der Waals surface area contributed by atoms with E-state index in [1.807, 2.05) is 0 Å². The van der Waals surface area contributed by atoms with Gasteiger partial charge in [0.2, 0.25) is 0 Å². The molecule has 7 aliphatic rings. The van der Waals surface area contributed by atoms with Crippen LogP contribution in [0.2, 0.25) is 0 Å². The number of nitrogens with two attached hydrogens (primary N) is 3. The Kier molecular flexibility index (Phi) is 17.2. The molecule has 12 N–H and O–H groups in total. The molecule has 3 saturated heterocycles. The summed E-state index contributed by atoms with van der Waals surface area (Å²) in [6, 6.07) is 0.0117. The summed E-state index contributed by atoms with van der Waals surface area (Å²) < 4.78 is 26.2. The lowest BCUT2D eigenvalue weighted by Crippen LogP contribution is -2.94. The van der Waals surface area contributed by atoms with Gasteiger partial charge in [0, 0.05) is 39.2 Å². The average molecular weight is 845 g/mol. The Balaban J connectivity index is 1.04. The standard InChI is InChI=1S/C46H78N6O8/c1-28(53)58-34-25-40(60-41(26-34)33-23-38(55)45(56)43(24-33)57-19-15-30-7-4-16-49-27-30)32-8-2-9-35-36(52-46(48)51-17-5-6-29-14-18-50-44(47)22-29)10-3-11-39(35)59-42-21-31(20-32)12-13-37(42)54/h29-45,49-50,54-56H,3-8,10-27,47H2,1H3,(H3,48,51,52)/p+2. The highest BCUT2D eigenvalue weighted by molar-refractivity contribution is 5.72. The summed E-state index contributed by atoms with van der Waals surface area (Å²) in [5, 5.41) is 42.7. The summed E-state index contributed by atoms with van der Waals surface area (Å²) >= 11 is 0. The molecule has 17 atom stereocenters. The van der Waals surface area contributed by atoms with E-state index >= 15 is 0 Å². The molecule has 2 bridgehead atoms. The summed E-state index contributed by atoms with van der Waals surface area (Å²) in [5.74, 6) is 9.09. The summed E-state index contributed by atoms with van der Waals surface area (Å²) in [6.07, 6.45) is 12.8. The van der Waals surface area contributed by atoms with Crippen LogP contribution in [0.15, 0.2) is 0 Å². The third kappa shape index (κ3) is 13.0. The second kappa shape index (κ2) is 22.5. The van der Waals surface area contributed by atoms with E-state index in [0.29, 0.717) is 68.8 Å². The van der Waals surface area contributed by atoms with Gasteiger partial charge >= 0.3 is 11.9 Å². The molecular formula is C46H80N6O8+2. The topological polar surface area (TPSA) is 221 Å². The molecule has 0 amide bonds. The molecule has 14 heteroatoms. The van der Waals surface area contributed by atoms with Gasteiger partial charge in [0.1, 0.15) is 18.4 Å². The van der Waals surface area contributed by atoms with E-state index in [4.69, 9.17) is 30.4 Å². The largest absolute Gasteiger partial charge is 0.462 e. The Bertz CT molecular complexity index is 1440. The van der Waals surface area contributed by atoms with Gasteiger partial charge in [-0.1, -0.05) is 5.92 Å². The molecule has 3 saturated carbocycles. The van der Waals surface area contributed by atoms with Gasteiger partial charge in [-0.25, -0.2) is 0 Å². The Morgan fingerprint density at radius 2 is 1.72 bits per heavy atom. The van der Waals surface area contributed by atoms with Crippen LogP contribution in [0.25, 0.3) is 0 Å². The molecule has 4 aliphatic heterocycles. The van der Waals surface area contributed by atoms with Crippen molar-refractivity contribution in [2.24, 2.45) is 47.0 Å². The Morgan fingerprint density at radius 1 is 0.883 bits per heavy atom. The monoisotopic (exact) mass is 845 g/mol. The van der Waals surface area contributed by atoms with Gasteiger partial charge < -0.3 is 44.9 Å². The zero-order valence-corrected chi connectivity index (χ0v) is 36.4. The van der Waals surface area contributed by atoms with Crippen molar-refractivity contribution >= 4 is 11.9 Å². The molecule has 7 rings (SSSR count). The number of piperidine rings is 2. The highest BCUT2D eigenvalue weighted by Gasteiger charge is 2.46. The number of hydrogen-bond acceptors (Lipinski definition) is 10. The van der Waals surface area contributed by atoms with E-state index in [1.165, 1.54) is 26.2 Å². The number of carbonyl (C=O) groups is 1. The van der Waals surface area contributed by atoms with Crippen LogP contribution in [0, 0.1) is 47.3 Å². The summed E-state index contributed by atoms with van der Waals surface area (Å²) in [4.78, 5) is 15.8. The maximum atomic E-state index is 12.4. The predicted molar refractivity (Wildman–Crippen MR) is 227 cm³/mol. The van der Waals surface area contributed by atoms with Gasteiger partial charge in [0.15, 0.2) is 0 Å². The lowest BCUT2D eigenvalue weighted by molar-refractivity contribution is -0.699. The quantitative estimate of drug-likeness (QED) is 0.0414. The second-order valence-corrected chi connectivity index (χ2v) is 19.9. The molecule has 60 heavy (non-hydrogen) atoms. The van der Waals surface area contributed by atoms with Gasteiger partial charge in [-0.3, -0.25) is 26.6 Å². The first kappa shape index (κ1) is 45.9. The molecule has 4 heterocycles. The molecule has 17 unspecified atom stereocenters. The van der Waals surface area contributed by atoms with Crippen molar-refractivity contribution in [3.05, 3.63) is 0 Å². The first-order chi connectivity index (χ1) is 29.1. The van der Waals surface area contributed by atoms with Crippen molar-refractivity contribution in [2.45, 2.75) is 196 Å². The average Bonchev–Trinajstić information content (AvgIpc) is 3.25. The molecule has 3 aliphatic carbocycles. The zero-order valence-electron chi connectivity index (χ0n) is 36.4. The van der Waals surface area contributed by atoms with Gasteiger partial charge in [0.25, 0.3) is 0 Å². The van der Waals surface area contributed by atoms with Crippen molar-refractivity contribution in [1.82, 2.24) is 10.6 Å². The fraction of sp³-hybridized carbons (Fsp3) is 0.913. The Morgan fingerprint density at radius 3 is 2.52 bits per heavy atom. The third-order valence-electron chi connectivity index (χ3n) is 15.3. The maximum absolute atomic E-state index is 12.4. The van der Waals surface area contributed by atoms with E-state index in [2.05, 4.69) is 32.8 Å². The van der Waals surface area contributed by atoms with Gasteiger partial charge in [0.05, 0.1) is 67.8 Å². The van der Waals surface area contributed by atoms with E-state index in [0.717, 1.165) is 90.4 Å². The minimum atomic E-state index is -0.945. The van der Waals surface area contributed by atoms with Crippen LogP contribution in [0.3, 0.4) is 0 Å². The van der Waals surface area contributed by atoms with Crippen LogP contribution in [0.1, 0.15) is 129 Å². The lowest BCUT2D eigenvalue weighted by Gasteiger charge is -2.46. The van der Waals surface area contributed by atoms with Crippen molar-refractivity contribution in [3.63, 3.8) is 0 Å². The molecule has 0 aromatic heterocycles. The summed E-state index contributed by atoms with van der Waals surface area (Å²) in [5.41, 5.74) is 12.8. The van der Waals surface area contributed by atoms with Crippen LogP contribution in [0.4, 0.5) is 0 Å². The molecule has 0 radical (unpaired) electrons. The summed E-state index contributed by atoms with van der Waals surface area (Å²) in [7, 11) is 0. The van der Waals surface area contributed by atoms with Crippen molar-refractivity contribution in [3.8, 4) is 11.8 Å². The molecule has 340 valence electrons. The fourth-order valence-electron chi connectivity index (χ4n) is 12.0. The van der Waals surface area contributed by atoms with Crippen LogP contribution < -0.4 is 32.4 Å². The SMILES string of the molecule is CC(=O)OC1CC(C2CC#CC3C(NC(N)=[NH+]CCCC4CC[NH2+]C(N)C4)CCCC3OC3CC(CCC3O)C2)OC(C2CC(O)C(O)C(OCCC3CCCNC3)C2)C1. The normalized spacial score (nSPS) is 43.0. The van der Waals surface area contributed by atoms with Crippen LogP contribution in [0.5, 0.6) is 0 Å². The number of rotatable bonds is 12. The number of fused-ring (bicyclic) bond motifs is 3. The van der Waals surface area contributed by atoms with Crippen LogP contribution in [-0.2, 0) is 23.7 Å². The van der Waals surface area contributed by atoms with E-state index in [1.54, 1.807) is 0 Å². The fourth-order valence-corrected chi connectivity index (χ4v) is 12.0. The number of guanidine groups is 1. The van der Waals surface area contributed by atoms with Crippen molar-refractivity contribution in [1.29, 1.82) is 0 Å². The minimum absolute atomic E-state index is 0.0117. The van der Waals surface area contributed by atoms with Gasteiger partial charge in [-0.15, -0.1) is 5.92 Å². The number of nitrogens with one attached hydrogen (secondary N) is 3. The number of quaternary nitrogens is 1. The van der Waals surface area contributed by atoms with E-state index in [9.17, 15) is 20.1 Å². The molecular weight excluding hydrogens is 765 g/mol. The summed E-state index contributed by atoms with van der Waals surface area (Å²) in [6.45, 7) is 5.99. The minimum Gasteiger partial charge on any atom is -0.462 e. The number of hydrogen-bond donors (Lipinski definition) is 9. The number of aliphatic hydroxyl groups is 3. The van der Waals surface area contributed by atoms with Crippen molar-refractivity contribution < 1.29 is 49.4 Å². The first-order valence-electron chi connectivity index (χ1n) is 24.1. The van der Waals surface area contributed by atoms with Crippen LogP contribution in [-0.4, -0.2) is 127 Å². The predicted octanol–water partition coefficient (Wildman–Crippen LogP) is -0.107. The molecule has 0 spiro atoms. The van der Waals surface area contributed by atoms with Crippen LogP contribution >= 0.6 is 0 Å². The number of esters is 1. The first-order valence-corrected chi connectivity index (χ1v) is 24.1. The lowest BCUT2D eigenvalue weighted by atomic mass is 9.74. The Hall–Kier alpha value is -2.06. The number of ether oxygens (including phenoxy) is 4.